The third-order valence-corrected chi connectivity index (χ3v) is 5.63. The summed E-state index contributed by atoms with van der Waals surface area (Å²) in [5.41, 5.74) is -0.902. The lowest BCUT2D eigenvalue weighted by atomic mass is 10.1. The van der Waals surface area contributed by atoms with E-state index < -0.39 is 47.8 Å². The molecule has 0 radical (unpaired) electrons. The molecule has 1 atom stereocenters. The first kappa shape index (κ1) is 22.6. The van der Waals surface area contributed by atoms with Gasteiger partial charge in [0.25, 0.3) is 5.91 Å². The molecule has 0 saturated carbocycles. The van der Waals surface area contributed by atoms with E-state index in [4.69, 9.17) is 4.74 Å². The number of carbonyl (C=O) groups excluding carboxylic acids is 2. The van der Waals surface area contributed by atoms with Crippen LogP contribution in [0.1, 0.15) is 40.8 Å². The minimum Gasteiger partial charge on any atom is -0.501 e. The van der Waals surface area contributed by atoms with Crippen molar-refractivity contribution in [3.8, 4) is 5.75 Å². The van der Waals surface area contributed by atoms with Crippen LogP contribution in [-0.2, 0) is 17.9 Å². The summed E-state index contributed by atoms with van der Waals surface area (Å²) in [6.07, 6.45) is -4.28. The molecular formula is C21H21F3N4O5. The number of nitrogens with zero attached hydrogens (tertiary/aromatic N) is 4. The van der Waals surface area contributed by atoms with Crippen LogP contribution in [0.4, 0.5) is 18.0 Å². The highest BCUT2D eigenvalue weighted by Gasteiger charge is 2.41. The second-order valence-corrected chi connectivity index (χ2v) is 7.86. The van der Waals surface area contributed by atoms with Crippen LogP contribution in [0.5, 0.6) is 5.75 Å². The Morgan fingerprint density at radius 2 is 1.88 bits per heavy atom. The van der Waals surface area contributed by atoms with Gasteiger partial charge in [0.15, 0.2) is 5.69 Å². The van der Waals surface area contributed by atoms with Gasteiger partial charge in [-0.25, -0.2) is 4.79 Å². The molecule has 176 valence electrons. The van der Waals surface area contributed by atoms with E-state index in [1.165, 1.54) is 9.47 Å². The van der Waals surface area contributed by atoms with Gasteiger partial charge in [0.2, 0.25) is 5.75 Å². The molecule has 0 unspecified atom stereocenters. The van der Waals surface area contributed by atoms with Crippen molar-refractivity contribution in [1.29, 1.82) is 0 Å². The van der Waals surface area contributed by atoms with Crippen molar-refractivity contribution >= 4 is 12.0 Å². The molecule has 1 aromatic heterocycles. The van der Waals surface area contributed by atoms with Gasteiger partial charge in [-0.3, -0.25) is 14.5 Å². The fourth-order valence-electron chi connectivity index (χ4n) is 4.15. The number of aromatic hydroxyl groups is 1. The van der Waals surface area contributed by atoms with Gasteiger partial charge in [0.05, 0.1) is 6.04 Å². The number of hydrogen-bond donors (Lipinski definition) is 1. The van der Waals surface area contributed by atoms with Crippen molar-refractivity contribution in [3.05, 3.63) is 57.8 Å². The lowest BCUT2D eigenvalue weighted by Gasteiger charge is -2.33. The van der Waals surface area contributed by atoms with Gasteiger partial charge in [0.1, 0.15) is 19.0 Å². The van der Waals surface area contributed by atoms with E-state index in [2.05, 4.69) is 4.98 Å². The Morgan fingerprint density at radius 3 is 2.58 bits per heavy atom. The van der Waals surface area contributed by atoms with Gasteiger partial charge in [-0.2, -0.15) is 18.2 Å². The molecule has 1 N–H and O–H groups in total. The minimum atomic E-state index is -4.63. The normalized spacial score (nSPS) is 18.4. The Labute approximate surface area is 186 Å². The smallest absolute Gasteiger partial charge is 0.410 e. The summed E-state index contributed by atoms with van der Waals surface area (Å²) in [5.74, 6) is -2.08. The molecule has 2 aromatic rings. The number of amides is 2. The van der Waals surface area contributed by atoms with Gasteiger partial charge in [-0.1, -0.05) is 30.3 Å². The minimum absolute atomic E-state index is 0.0366. The van der Waals surface area contributed by atoms with Crippen molar-refractivity contribution < 1.29 is 32.6 Å². The highest BCUT2D eigenvalue weighted by atomic mass is 19.4. The third kappa shape index (κ3) is 4.64. The Kier molecular flexibility index (Phi) is 6.00. The Morgan fingerprint density at radius 1 is 1.15 bits per heavy atom. The van der Waals surface area contributed by atoms with Gasteiger partial charge >= 0.3 is 17.8 Å². The molecule has 1 saturated heterocycles. The largest absolute Gasteiger partial charge is 0.501 e. The van der Waals surface area contributed by atoms with E-state index in [0.717, 1.165) is 5.56 Å². The first-order valence-electron chi connectivity index (χ1n) is 10.3. The van der Waals surface area contributed by atoms with Crippen LogP contribution in [0.2, 0.25) is 0 Å². The second-order valence-electron chi connectivity index (χ2n) is 7.86. The molecule has 2 amide bonds. The fraction of sp³-hybridized carbons (Fsp3) is 0.429. The SMILES string of the molecule is O=C1c2c(O)c(=O)nc([C@@H]3CCCN3C(=O)OCc3ccccc3)n2CCN1CC(F)(F)F. The number of carbonyl (C=O) groups is 2. The maximum atomic E-state index is 12.8. The topological polar surface area (TPSA) is 105 Å². The molecule has 4 rings (SSSR count). The van der Waals surface area contributed by atoms with Crippen molar-refractivity contribution in [2.24, 2.45) is 0 Å². The molecule has 0 spiro atoms. The fourth-order valence-corrected chi connectivity index (χ4v) is 4.15. The first-order chi connectivity index (χ1) is 15.7. The molecule has 2 aliphatic heterocycles. The van der Waals surface area contributed by atoms with Crippen molar-refractivity contribution in [2.75, 3.05) is 19.6 Å². The van der Waals surface area contributed by atoms with E-state index in [9.17, 15) is 32.7 Å². The molecule has 1 fully saturated rings. The number of fused-ring (bicyclic) bond motifs is 1. The monoisotopic (exact) mass is 466 g/mol. The summed E-state index contributed by atoms with van der Waals surface area (Å²) in [4.78, 5) is 43.5. The number of benzene rings is 1. The Hall–Kier alpha value is -3.57. The van der Waals surface area contributed by atoms with Crippen LogP contribution in [0.25, 0.3) is 0 Å². The lowest BCUT2D eigenvalue weighted by Crippen LogP contribution is -2.47. The van der Waals surface area contributed by atoms with Crippen LogP contribution >= 0.6 is 0 Å². The molecule has 33 heavy (non-hydrogen) atoms. The van der Waals surface area contributed by atoms with Gasteiger partial charge < -0.3 is 19.3 Å². The molecular weight excluding hydrogens is 445 g/mol. The first-order valence-corrected chi connectivity index (χ1v) is 10.3. The van der Waals surface area contributed by atoms with Crippen molar-refractivity contribution in [2.45, 2.75) is 38.2 Å². The number of aromatic nitrogens is 2. The maximum absolute atomic E-state index is 12.8. The predicted molar refractivity (Wildman–Crippen MR) is 107 cm³/mol. The predicted octanol–water partition coefficient (Wildman–Crippen LogP) is 2.44. The zero-order valence-electron chi connectivity index (χ0n) is 17.4. The van der Waals surface area contributed by atoms with E-state index in [1.807, 2.05) is 6.07 Å². The average Bonchev–Trinajstić information content (AvgIpc) is 3.26. The lowest BCUT2D eigenvalue weighted by molar-refractivity contribution is -0.141. The molecule has 1 aromatic carbocycles. The highest BCUT2D eigenvalue weighted by Crippen LogP contribution is 2.34. The van der Waals surface area contributed by atoms with Gasteiger partial charge in [-0.15, -0.1) is 0 Å². The van der Waals surface area contributed by atoms with E-state index >= 15 is 0 Å². The zero-order valence-corrected chi connectivity index (χ0v) is 17.4. The number of rotatable bonds is 4. The van der Waals surface area contributed by atoms with Crippen LogP contribution < -0.4 is 5.56 Å². The molecule has 2 aliphatic rings. The number of ether oxygens (including phenoxy) is 1. The Bertz CT molecular complexity index is 1120. The summed E-state index contributed by atoms with van der Waals surface area (Å²) >= 11 is 0. The second kappa shape index (κ2) is 8.75. The van der Waals surface area contributed by atoms with Crippen molar-refractivity contribution in [3.63, 3.8) is 0 Å². The van der Waals surface area contributed by atoms with Crippen LogP contribution in [-0.4, -0.2) is 62.3 Å². The highest BCUT2D eigenvalue weighted by molar-refractivity contribution is 5.95. The molecule has 9 nitrogen and oxygen atoms in total. The molecule has 0 aliphatic carbocycles. The van der Waals surface area contributed by atoms with E-state index in [1.54, 1.807) is 24.3 Å². The molecule has 3 heterocycles. The Balaban J connectivity index is 1.61. The summed E-state index contributed by atoms with van der Waals surface area (Å²) in [6, 6.07) is 8.31. The van der Waals surface area contributed by atoms with E-state index in [0.29, 0.717) is 24.3 Å². The van der Waals surface area contributed by atoms with Gasteiger partial charge in [0, 0.05) is 19.6 Å². The number of alkyl halides is 3. The van der Waals surface area contributed by atoms with Crippen LogP contribution in [0, 0.1) is 0 Å². The average molecular weight is 466 g/mol. The van der Waals surface area contributed by atoms with Crippen LogP contribution in [0.15, 0.2) is 35.1 Å². The molecule has 0 bridgehead atoms. The quantitative estimate of drug-likeness (QED) is 0.742. The molecule has 12 heteroatoms. The van der Waals surface area contributed by atoms with E-state index in [-0.39, 0.29) is 25.5 Å². The number of hydrogen-bond acceptors (Lipinski definition) is 6. The standard InChI is InChI=1S/C21H21F3N4O5/c22-21(23,24)12-26-9-10-28-15(19(26)31)16(29)18(30)25-17(28)14-7-4-8-27(14)20(32)33-11-13-5-2-1-3-6-13/h1-3,5-6,14,29H,4,7-12H2/t14-/m0/s1. The third-order valence-electron chi connectivity index (χ3n) is 5.63. The summed E-state index contributed by atoms with van der Waals surface area (Å²) < 4.78 is 45.1. The summed E-state index contributed by atoms with van der Waals surface area (Å²) in [6.45, 7) is -1.55. The zero-order chi connectivity index (χ0) is 23.8. The maximum Gasteiger partial charge on any atom is 0.410 e. The van der Waals surface area contributed by atoms with Gasteiger partial charge in [-0.05, 0) is 18.4 Å². The van der Waals surface area contributed by atoms with Crippen molar-refractivity contribution in [1.82, 2.24) is 19.4 Å². The summed E-state index contributed by atoms with van der Waals surface area (Å²) in [7, 11) is 0. The summed E-state index contributed by atoms with van der Waals surface area (Å²) in [5, 5.41) is 10.2. The number of halogens is 3. The van der Waals surface area contributed by atoms with Crippen LogP contribution in [0.3, 0.4) is 0 Å². The number of likely N-dealkylation sites (tertiary alicyclic amines) is 1.